The third kappa shape index (κ3) is 3.80. The minimum Gasteiger partial charge on any atom is -0.369 e. The second-order valence-electron chi connectivity index (χ2n) is 3.90. The largest absolute Gasteiger partial charge is 0.369 e. The first-order valence-corrected chi connectivity index (χ1v) is 7.38. The van der Waals surface area contributed by atoms with Crippen molar-refractivity contribution in [2.45, 2.75) is 6.92 Å². The second-order valence-corrected chi connectivity index (χ2v) is 5.55. The molecule has 0 aliphatic rings. The van der Waals surface area contributed by atoms with Crippen molar-refractivity contribution in [1.82, 2.24) is 9.97 Å². The minimum absolute atomic E-state index is 0.234. The Kier molecular flexibility index (Phi) is 5.13. The number of amides is 1. The molecule has 0 saturated heterocycles. The molecule has 2 N–H and O–H groups in total. The van der Waals surface area contributed by atoms with Gasteiger partial charge in [-0.05, 0) is 47.7 Å². The molecule has 5 nitrogen and oxygen atoms in total. The van der Waals surface area contributed by atoms with Crippen LogP contribution in [0.25, 0.3) is 0 Å². The van der Waals surface area contributed by atoms with Crippen molar-refractivity contribution in [2.75, 3.05) is 17.2 Å². The molecule has 0 spiro atoms. The molecule has 7 heteroatoms. The van der Waals surface area contributed by atoms with E-state index in [0.717, 1.165) is 3.57 Å². The Labute approximate surface area is 135 Å². The Bertz CT molecular complexity index is 636. The molecule has 20 heavy (non-hydrogen) atoms. The van der Waals surface area contributed by atoms with Crippen molar-refractivity contribution < 1.29 is 4.79 Å². The lowest BCUT2D eigenvalue weighted by Crippen LogP contribution is -2.15. The van der Waals surface area contributed by atoms with Crippen molar-refractivity contribution in [1.29, 1.82) is 0 Å². The number of halogens is 2. The van der Waals surface area contributed by atoms with Crippen molar-refractivity contribution in [3.63, 3.8) is 0 Å². The molecule has 0 atom stereocenters. The van der Waals surface area contributed by atoms with Gasteiger partial charge >= 0.3 is 0 Å². The molecule has 1 aromatic carbocycles. The van der Waals surface area contributed by atoms with E-state index >= 15 is 0 Å². The first-order chi connectivity index (χ1) is 9.60. The fraction of sp³-hybridized carbons (Fsp3) is 0.154. The number of carbonyl (C=O) groups is 1. The summed E-state index contributed by atoms with van der Waals surface area (Å²) in [6, 6.07) is 5.39. The summed E-state index contributed by atoms with van der Waals surface area (Å²) in [7, 11) is 0. The van der Waals surface area contributed by atoms with E-state index in [1.807, 2.05) is 13.0 Å². The number of nitrogens with zero attached hydrogens (tertiary/aromatic N) is 2. The van der Waals surface area contributed by atoms with Crippen molar-refractivity contribution in [3.8, 4) is 0 Å². The van der Waals surface area contributed by atoms with Crippen LogP contribution in [0.1, 0.15) is 17.4 Å². The van der Waals surface area contributed by atoms with Crippen molar-refractivity contribution in [3.05, 3.63) is 44.9 Å². The highest BCUT2D eigenvalue weighted by Crippen LogP contribution is 2.24. The number of rotatable bonds is 4. The summed E-state index contributed by atoms with van der Waals surface area (Å²) >= 11 is 8.23. The van der Waals surface area contributed by atoms with E-state index in [4.69, 9.17) is 11.6 Å². The van der Waals surface area contributed by atoms with Crippen LogP contribution in [0, 0.1) is 3.57 Å². The van der Waals surface area contributed by atoms with Crippen LogP contribution in [0.3, 0.4) is 0 Å². The molecule has 1 aromatic heterocycles. The molecule has 1 amide bonds. The Hall–Kier alpha value is -1.41. The Morgan fingerprint density at radius 3 is 2.90 bits per heavy atom. The van der Waals surface area contributed by atoms with Gasteiger partial charge in [0.25, 0.3) is 5.91 Å². The molecule has 0 aliphatic heterocycles. The normalized spacial score (nSPS) is 10.2. The van der Waals surface area contributed by atoms with Crippen LogP contribution in [0.15, 0.2) is 30.6 Å². The number of anilines is 2. The molecule has 2 aromatic rings. The maximum absolute atomic E-state index is 12.1. The summed E-state index contributed by atoms with van der Waals surface area (Å²) in [5.41, 5.74) is 0.783. The van der Waals surface area contributed by atoms with Gasteiger partial charge in [0.1, 0.15) is 11.5 Å². The first-order valence-electron chi connectivity index (χ1n) is 5.92. The SMILES string of the molecule is CCNc1cncc(C(=O)Nc2ccc(I)cc2Cl)n1. The third-order valence-corrected chi connectivity index (χ3v) is 3.39. The molecule has 0 radical (unpaired) electrons. The molecule has 0 unspecified atom stereocenters. The number of benzene rings is 1. The van der Waals surface area contributed by atoms with Gasteiger partial charge in [0.15, 0.2) is 0 Å². The van der Waals surface area contributed by atoms with E-state index in [1.54, 1.807) is 18.3 Å². The van der Waals surface area contributed by atoms with Gasteiger partial charge in [0.05, 0.1) is 23.1 Å². The number of hydrogen-bond donors (Lipinski definition) is 2. The minimum atomic E-state index is -0.347. The van der Waals surface area contributed by atoms with Gasteiger partial charge < -0.3 is 10.6 Å². The molecule has 0 saturated carbocycles. The molecule has 2 rings (SSSR count). The summed E-state index contributed by atoms with van der Waals surface area (Å²) in [6.45, 7) is 2.66. The third-order valence-electron chi connectivity index (χ3n) is 2.40. The molecule has 0 bridgehead atoms. The summed E-state index contributed by atoms with van der Waals surface area (Å²) in [6.07, 6.45) is 2.98. The number of aromatic nitrogens is 2. The van der Waals surface area contributed by atoms with E-state index in [-0.39, 0.29) is 11.6 Å². The van der Waals surface area contributed by atoms with E-state index < -0.39 is 0 Å². The van der Waals surface area contributed by atoms with Gasteiger partial charge in [-0.15, -0.1) is 0 Å². The van der Waals surface area contributed by atoms with Crippen LogP contribution in [0.2, 0.25) is 5.02 Å². The monoisotopic (exact) mass is 402 g/mol. The Balaban J connectivity index is 2.17. The highest BCUT2D eigenvalue weighted by atomic mass is 127. The van der Waals surface area contributed by atoms with Crippen LogP contribution in [-0.2, 0) is 0 Å². The zero-order valence-corrected chi connectivity index (χ0v) is 13.6. The van der Waals surface area contributed by atoms with Gasteiger partial charge in [-0.1, -0.05) is 11.6 Å². The molecule has 0 fully saturated rings. The van der Waals surface area contributed by atoms with Gasteiger partial charge in [-0.25, -0.2) is 4.98 Å². The predicted octanol–water partition coefficient (Wildman–Crippen LogP) is 3.42. The lowest BCUT2D eigenvalue weighted by Gasteiger charge is -2.08. The highest BCUT2D eigenvalue weighted by Gasteiger charge is 2.11. The average Bonchev–Trinajstić information content (AvgIpc) is 2.42. The predicted molar refractivity (Wildman–Crippen MR) is 88.3 cm³/mol. The van der Waals surface area contributed by atoms with Crippen molar-refractivity contribution >= 4 is 51.6 Å². The van der Waals surface area contributed by atoms with E-state index in [0.29, 0.717) is 23.1 Å². The summed E-state index contributed by atoms with van der Waals surface area (Å²) in [5.74, 6) is 0.217. The first kappa shape index (κ1) is 15.0. The maximum atomic E-state index is 12.1. The van der Waals surface area contributed by atoms with E-state index in [2.05, 4.69) is 43.2 Å². The van der Waals surface area contributed by atoms with Gasteiger partial charge in [-0.3, -0.25) is 9.78 Å². The van der Waals surface area contributed by atoms with E-state index in [1.165, 1.54) is 6.20 Å². The lowest BCUT2D eigenvalue weighted by atomic mass is 10.3. The van der Waals surface area contributed by atoms with Gasteiger partial charge in [-0.2, -0.15) is 0 Å². The zero-order chi connectivity index (χ0) is 14.5. The fourth-order valence-electron chi connectivity index (χ4n) is 1.52. The smallest absolute Gasteiger partial charge is 0.275 e. The number of hydrogen-bond acceptors (Lipinski definition) is 4. The topological polar surface area (TPSA) is 66.9 Å². The maximum Gasteiger partial charge on any atom is 0.275 e. The van der Waals surface area contributed by atoms with Crippen LogP contribution >= 0.6 is 34.2 Å². The zero-order valence-electron chi connectivity index (χ0n) is 10.7. The fourth-order valence-corrected chi connectivity index (χ4v) is 2.42. The van der Waals surface area contributed by atoms with Gasteiger partial charge in [0, 0.05) is 10.1 Å². The second kappa shape index (κ2) is 6.85. The van der Waals surface area contributed by atoms with Crippen LogP contribution < -0.4 is 10.6 Å². The molecular weight excluding hydrogens is 391 g/mol. The average molecular weight is 403 g/mol. The van der Waals surface area contributed by atoms with Gasteiger partial charge in [0.2, 0.25) is 0 Å². The molecule has 104 valence electrons. The summed E-state index contributed by atoms with van der Waals surface area (Å²) in [5, 5.41) is 6.21. The van der Waals surface area contributed by atoms with E-state index in [9.17, 15) is 4.79 Å². The van der Waals surface area contributed by atoms with Crippen LogP contribution in [0.5, 0.6) is 0 Å². The Morgan fingerprint density at radius 2 is 2.20 bits per heavy atom. The quantitative estimate of drug-likeness (QED) is 0.769. The number of carbonyl (C=O) groups excluding carboxylic acids is 1. The molecule has 0 aliphatic carbocycles. The standard InChI is InChI=1S/C13H12ClIN4O/c1-2-17-12-7-16-6-11(18-12)13(20)19-10-4-3-8(15)5-9(10)14/h3-7H,2H2,1H3,(H,17,18)(H,19,20). The highest BCUT2D eigenvalue weighted by molar-refractivity contribution is 14.1. The van der Waals surface area contributed by atoms with Crippen LogP contribution in [0.4, 0.5) is 11.5 Å². The molecule has 1 heterocycles. The molecular formula is C13H12ClIN4O. The van der Waals surface area contributed by atoms with Crippen LogP contribution in [-0.4, -0.2) is 22.4 Å². The summed E-state index contributed by atoms with van der Waals surface area (Å²) in [4.78, 5) is 20.3. The lowest BCUT2D eigenvalue weighted by molar-refractivity contribution is 0.102. The van der Waals surface area contributed by atoms with Crippen molar-refractivity contribution in [2.24, 2.45) is 0 Å². The Morgan fingerprint density at radius 1 is 1.40 bits per heavy atom. The summed E-state index contributed by atoms with van der Waals surface area (Å²) < 4.78 is 1.000. The number of nitrogens with one attached hydrogen (secondary N) is 2.